The molecule has 0 radical (unpaired) electrons. The lowest BCUT2D eigenvalue weighted by Crippen LogP contribution is -2.39. The van der Waals surface area contributed by atoms with Gasteiger partial charge in [-0.2, -0.15) is 13.2 Å². The lowest BCUT2D eigenvalue weighted by molar-refractivity contribution is -0.774. The predicted octanol–water partition coefficient (Wildman–Crippen LogP) is 5.59. The molecule has 2 aromatic carbocycles. The number of aryl methyl sites for hydroxylation is 1. The van der Waals surface area contributed by atoms with Crippen molar-refractivity contribution in [1.29, 1.82) is 0 Å². The average Bonchev–Trinajstić information content (AvgIpc) is 3.27. The Morgan fingerprint density at radius 1 is 1.18 bits per heavy atom. The van der Waals surface area contributed by atoms with Crippen molar-refractivity contribution < 1.29 is 27.2 Å². The number of hydrogen-bond donors (Lipinski definition) is 1. The van der Waals surface area contributed by atoms with Crippen LogP contribution in [0.4, 0.5) is 29.5 Å². The van der Waals surface area contributed by atoms with Crippen molar-refractivity contribution >= 4 is 17.6 Å². The number of anilines is 1. The van der Waals surface area contributed by atoms with Crippen LogP contribution in [0.15, 0.2) is 71.8 Å². The molecular formula is C23H19F3N6O2. The van der Waals surface area contributed by atoms with E-state index >= 15 is 0 Å². The Balaban J connectivity index is 1.41. The Morgan fingerprint density at radius 3 is 2.65 bits per heavy atom. The maximum Gasteiger partial charge on any atom is 0.416 e. The van der Waals surface area contributed by atoms with Gasteiger partial charge in [-0.1, -0.05) is 42.5 Å². The molecule has 0 aliphatic heterocycles. The molecule has 2 heterocycles. The molecule has 0 fully saturated rings. The zero-order valence-corrected chi connectivity index (χ0v) is 18.1. The van der Waals surface area contributed by atoms with Gasteiger partial charge in [-0.3, -0.25) is 4.79 Å². The molecule has 0 saturated carbocycles. The second-order valence-electron chi connectivity index (χ2n) is 7.46. The largest absolute Gasteiger partial charge is 0.424 e. The Kier molecular flexibility index (Phi) is 6.26. The SMILES string of the molecule is Cc1ncncc1-c1ccc([C@H](C)[n+]2cc([N-]C(=O)Nc3cccc(C(F)(F)F)c3)on2)cc1. The molecule has 11 heteroatoms. The van der Waals surface area contributed by atoms with E-state index in [0.29, 0.717) is 0 Å². The first-order valence-corrected chi connectivity index (χ1v) is 10.2. The molecule has 174 valence electrons. The number of carbonyl (C=O) groups excluding carboxylic acids is 1. The lowest BCUT2D eigenvalue weighted by Gasteiger charge is -2.15. The lowest BCUT2D eigenvalue weighted by atomic mass is 10.0. The van der Waals surface area contributed by atoms with E-state index in [-0.39, 0.29) is 17.6 Å². The number of aromatic nitrogens is 4. The van der Waals surface area contributed by atoms with Crippen molar-refractivity contribution in [1.82, 2.24) is 15.2 Å². The van der Waals surface area contributed by atoms with E-state index in [1.54, 1.807) is 6.20 Å². The molecular weight excluding hydrogens is 449 g/mol. The third kappa shape index (κ3) is 5.20. The van der Waals surface area contributed by atoms with Crippen molar-refractivity contribution in [2.75, 3.05) is 5.32 Å². The first-order valence-electron chi connectivity index (χ1n) is 10.2. The monoisotopic (exact) mass is 468 g/mol. The van der Waals surface area contributed by atoms with Crippen LogP contribution < -0.4 is 10.00 Å². The number of urea groups is 1. The van der Waals surface area contributed by atoms with Crippen LogP contribution >= 0.6 is 0 Å². The van der Waals surface area contributed by atoms with E-state index < -0.39 is 17.8 Å². The summed E-state index contributed by atoms with van der Waals surface area (Å²) in [7, 11) is 0. The summed E-state index contributed by atoms with van der Waals surface area (Å²) in [4.78, 5) is 20.4. The summed E-state index contributed by atoms with van der Waals surface area (Å²) < 4.78 is 45.1. The zero-order chi connectivity index (χ0) is 24.3. The quantitative estimate of drug-likeness (QED) is 0.385. The van der Waals surface area contributed by atoms with Gasteiger partial charge < -0.3 is 15.2 Å². The number of rotatable bonds is 5. The van der Waals surface area contributed by atoms with Gasteiger partial charge in [-0.15, -0.1) is 0 Å². The molecule has 4 rings (SSSR count). The average molecular weight is 468 g/mol. The summed E-state index contributed by atoms with van der Waals surface area (Å²) in [5.74, 6) is -0.0926. The van der Waals surface area contributed by atoms with Gasteiger partial charge in [0.15, 0.2) is 11.3 Å². The predicted molar refractivity (Wildman–Crippen MR) is 116 cm³/mol. The highest BCUT2D eigenvalue weighted by Gasteiger charge is 2.30. The van der Waals surface area contributed by atoms with Crippen molar-refractivity contribution in [3.8, 4) is 11.1 Å². The maximum absolute atomic E-state index is 12.8. The number of alkyl halides is 3. The van der Waals surface area contributed by atoms with Crippen LogP contribution in [0.2, 0.25) is 0 Å². The Hall–Kier alpha value is -4.28. The van der Waals surface area contributed by atoms with Crippen LogP contribution in [0.25, 0.3) is 16.4 Å². The van der Waals surface area contributed by atoms with Crippen molar-refractivity contribution in [2.45, 2.75) is 26.1 Å². The number of carbonyl (C=O) groups is 1. The highest BCUT2D eigenvalue weighted by Crippen LogP contribution is 2.31. The molecule has 0 saturated heterocycles. The fourth-order valence-electron chi connectivity index (χ4n) is 3.27. The first kappa shape index (κ1) is 22.9. The van der Waals surface area contributed by atoms with Crippen LogP contribution in [-0.4, -0.2) is 21.3 Å². The molecule has 0 aliphatic carbocycles. The summed E-state index contributed by atoms with van der Waals surface area (Å²) in [5.41, 5.74) is 2.79. The van der Waals surface area contributed by atoms with Gasteiger partial charge in [0.05, 0.1) is 5.56 Å². The molecule has 0 aliphatic rings. The summed E-state index contributed by atoms with van der Waals surface area (Å²) in [6.45, 7) is 3.80. The van der Waals surface area contributed by atoms with E-state index in [2.05, 4.69) is 25.9 Å². The third-order valence-electron chi connectivity index (χ3n) is 5.14. The highest BCUT2D eigenvalue weighted by molar-refractivity contribution is 6.03. The van der Waals surface area contributed by atoms with Crippen molar-refractivity contribution in [2.24, 2.45) is 0 Å². The Bertz CT molecular complexity index is 1300. The topological polar surface area (TPSA) is 98.9 Å². The van der Waals surface area contributed by atoms with Crippen molar-refractivity contribution in [3.05, 3.63) is 89.4 Å². The van der Waals surface area contributed by atoms with Gasteiger partial charge in [0, 0.05) is 29.9 Å². The fourth-order valence-corrected chi connectivity index (χ4v) is 3.27. The van der Waals surface area contributed by atoms with Gasteiger partial charge in [0.1, 0.15) is 6.33 Å². The molecule has 8 nitrogen and oxygen atoms in total. The fraction of sp³-hybridized carbons (Fsp3) is 0.174. The number of nitrogens with zero attached hydrogens (tertiary/aromatic N) is 5. The first-order chi connectivity index (χ1) is 16.2. The number of halogens is 3. The summed E-state index contributed by atoms with van der Waals surface area (Å²) in [5, 5.41) is 9.89. The summed E-state index contributed by atoms with van der Waals surface area (Å²) >= 11 is 0. The van der Waals surface area contributed by atoms with Crippen LogP contribution in [0.5, 0.6) is 0 Å². The zero-order valence-electron chi connectivity index (χ0n) is 18.1. The van der Waals surface area contributed by atoms with Gasteiger partial charge in [0.25, 0.3) is 0 Å². The number of amides is 2. The minimum atomic E-state index is -4.52. The van der Waals surface area contributed by atoms with Gasteiger partial charge >= 0.3 is 6.18 Å². The second-order valence-corrected chi connectivity index (χ2v) is 7.46. The third-order valence-corrected chi connectivity index (χ3v) is 5.14. The second kappa shape index (κ2) is 9.30. The van der Waals surface area contributed by atoms with Crippen LogP contribution in [-0.2, 0) is 6.18 Å². The molecule has 1 N–H and O–H groups in total. The minimum Gasteiger partial charge on any atom is -0.424 e. The normalized spacial score (nSPS) is 12.3. The molecule has 2 aromatic heterocycles. The maximum atomic E-state index is 12.8. The van der Waals surface area contributed by atoms with E-state index in [1.807, 2.05) is 38.1 Å². The van der Waals surface area contributed by atoms with Crippen LogP contribution in [0.1, 0.15) is 29.8 Å². The number of benzene rings is 2. The minimum absolute atomic E-state index is 0.0384. The number of nitrogens with one attached hydrogen (secondary N) is 1. The smallest absolute Gasteiger partial charge is 0.416 e. The standard InChI is InChI=1S/C23H19F3N6O2/c1-14-20(11-27-13-28-14)17-8-6-16(7-9-17)15(2)32-12-21(34-31-32)30-22(33)29-19-5-3-4-18(10-19)23(24,25)26/h3-13,15H,1-2H3,(H-,29,30,31,33)/t15-/m0/s1. The van der Waals surface area contributed by atoms with Gasteiger partial charge in [-0.05, 0) is 28.9 Å². The summed E-state index contributed by atoms with van der Waals surface area (Å²) in [6, 6.07) is 10.9. The molecule has 0 unspecified atom stereocenters. The molecule has 2 amide bonds. The Labute approximate surface area is 192 Å². The van der Waals surface area contributed by atoms with Gasteiger partial charge in [0.2, 0.25) is 18.1 Å². The molecule has 0 bridgehead atoms. The summed E-state index contributed by atoms with van der Waals surface area (Å²) in [6.07, 6.45) is 0.167. The molecule has 0 spiro atoms. The van der Waals surface area contributed by atoms with E-state index in [1.165, 1.54) is 29.3 Å². The molecule has 1 atom stereocenters. The Morgan fingerprint density at radius 2 is 1.94 bits per heavy atom. The van der Waals surface area contributed by atoms with E-state index in [9.17, 15) is 18.0 Å². The van der Waals surface area contributed by atoms with Crippen LogP contribution in [0, 0.1) is 6.92 Å². The highest BCUT2D eigenvalue weighted by atomic mass is 19.4. The molecule has 4 aromatic rings. The molecule has 34 heavy (non-hydrogen) atoms. The number of hydrogen-bond acceptors (Lipinski definition) is 5. The van der Waals surface area contributed by atoms with Crippen LogP contribution in [0.3, 0.4) is 0 Å². The van der Waals surface area contributed by atoms with Gasteiger partial charge in [-0.25, -0.2) is 9.97 Å². The van der Waals surface area contributed by atoms with E-state index in [4.69, 9.17) is 4.52 Å². The van der Waals surface area contributed by atoms with Crippen molar-refractivity contribution in [3.63, 3.8) is 0 Å². The van der Waals surface area contributed by atoms with E-state index in [0.717, 1.165) is 34.5 Å².